The van der Waals surface area contributed by atoms with Gasteiger partial charge in [-0.1, -0.05) is 42.5 Å². The number of allylic oxidation sites excluding steroid dienone is 3. The van der Waals surface area contributed by atoms with E-state index in [4.69, 9.17) is 9.47 Å². The largest absolute Gasteiger partial charge is 0.460 e. The molecule has 2 aromatic rings. The van der Waals surface area contributed by atoms with Crippen LogP contribution >= 0.6 is 0 Å². The average Bonchev–Trinajstić information content (AvgIpc) is 2.82. The Labute approximate surface area is 193 Å². The highest BCUT2D eigenvalue weighted by Gasteiger charge is 2.41. The number of Topliss-reactive ketones (excluding diaryl/α,β-unsaturated/α-hetero) is 1. The van der Waals surface area contributed by atoms with Crippen molar-refractivity contribution in [1.82, 2.24) is 5.32 Å². The Morgan fingerprint density at radius 2 is 1.76 bits per heavy atom. The normalized spacial score (nSPS) is 20.4. The molecule has 2 atom stereocenters. The molecule has 0 aromatic heterocycles. The Morgan fingerprint density at radius 1 is 1.03 bits per heavy atom. The topological polar surface area (TPSA) is 64.6 Å². The van der Waals surface area contributed by atoms with E-state index in [1.165, 1.54) is 12.1 Å². The Morgan fingerprint density at radius 3 is 2.45 bits per heavy atom. The van der Waals surface area contributed by atoms with Crippen molar-refractivity contribution in [3.63, 3.8) is 0 Å². The predicted octanol–water partition coefficient (Wildman–Crippen LogP) is 4.77. The maximum atomic E-state index is 13.7. The van der Waals surface area contributed by atoms with Crippen molar-refractivity contribution in [3.05, 3.63) is 94.1 Å². The number of carbonyl (C=O) groups excluding carboxylic acids is 2. The van der Waals surface area contributed by atoms with Gasteiger partial charge in [0.2, 0.25) is 0 Å². The lowest BCUT2D eigenvalue weighted by molar-refractivity contribution is -0.140. The molecule has 33 heavy (non-hydrogen) atoms. The third-order valence-corrected chi connectivity index (χ3v) is 6.19. The molecule has 172 valence electrons. The van der Waals surface area contributed by atoms with E-state index in [0.29, 0.717) is 48.5 Å². The van der Waals surface area contributed by atoms with Crippen molar-refractivity contribution < 1.29 is 23.5 Å². The van der Waals surface area contributed by atoms with Gasteiger partial charge in [-0.05, 0) is 49.4 Å². The second kappa shape index (κ2) is 10.1. The fourth-order valence-corrected chi connectivity index (χ4v) is 4.67. The second-order valence-corrected chi connectivity index (χ2v) is 8.31. The smallest absolute Gasteiger partial charge is 0.336 e. The van der Waals surface area contributed by atoms with Crippen LogP contribution in [0.15, 0.2) is 77.1 Å². The van der Waals surface area contributed by atoms with Gasteiger partial charge in [0.15, 0.2) is 5.78 Å². The number of esters is 1. The predicted molar refractivity (Wildman–Crippen MR) is 123 cm³/mol. The first kappa shape index (κ1) is 22.9. The van der Waals surface area contributed by atoms with Crippen LogP contribution in [0.4, 0.5) is 4.39 Å². The van der Waals surface area contributed by atoms with Crippen LogP contribution in [0.1, 0.15) is 49.7 Å². The van der Waals surface area contributed by atoms with Crippen LogP contribution in [0.5, 0.6) is 0 Å². The van der Waals surface area contributed by atoms with E-state index in [9.17, 15) is 14.0 Å². The van der Waals surface area contributed by atoms with Gasteiger partial charge in [-0.2, -0.15) is 0 Å². The summed E-state index contributed by atoms with van der Waals surface area (Å²) < 4.78 is 24.4. The van der Waals surface area contributed by atoms with Gasteiger partial charge in [0.1, 0.15) is 12.4 Å². The number of benzene rings is 2. The molecule has 1 aliphatic carbocycles. The molecule has 4 rings (SSSR count). The van der Waals surface area contributed by atoms with E-state index in [-0.39, 0.29) is 24.1 Å². The number of hydrogen-bond donors (Lipinski definition) is 1. The molecule has 1 N–H and O–H groups in total. The quantitative estimate of drug-likeness (QED) is 0.487. The van der Waals surface area contributed by atoms with Crippen LogP contribution in [0, 0.1) is 5.82 Å². The minimum absolute atomic E-state index is 0.0148. The third kappa shape index (κ3) is 4.91. The summed E-state index contributed by atoms with van der Waals surface area (Å²) in [6.45, 7) is 4.64. The van der Waals surface area contributed by atoms with Gasteiger partial charge in [-0.15, -0.1) is 0 Å². The maximum absolute atomic E-state index is 13.7. The SMILES string of the molecule is CCOCCOC(=O)C1=C(C)NC2=C(C(=O)C[C@@H](c3ccccc3)C2)[C@@H]1c1ccc(F)cc1. The molecule has 0 saturated carbocycles. The summed E-state index contributed by atoms with van der Waals surface area (Å²) in [4.78, 5) is 26.6. The van der Waals surface area contributed by atoms with Gasteiger partial charge in [0.25, 0.3) is 0 Å². The Kier molecular flexibility index (Phi) is 7.04. The molecule has 0 fully saturated rings. The number of carbonyl (C=O) groups is 2. The number of nitrogens with one attached hydrogen (secondary N) is 1. The molecule has 0 radical (unpaired) electrons. The first-order valence-electron chi connectivity index (χ1n) is 11.3. The Hall–Kier alpha value is -3.25. The highest BCUT2D eigenvalue weighted by molar-refractivity contribution is 6.04. The van der Waals surface area contributed by atoms with Gasteiger partial charge < -0.3 is 14.8 Å². The molecule has 0 bridgehead atoms. The van der Waals surface area contributed by atoms with E-state index in [1.54, 1.807) is 12.1 Å². The number of ketones is 1. The van der Waals surface area contributed by atoms with Crippen LogP contribution < -0.4 is 5.32 Å². The monoisotopic (exact) mass is 449 g/mol. The zero-order valence-electron chi connectivity index (χ0n) is 18.9. The molecule has 0 amide bonds. The van der Waals surface area contributed by atoms with Crippen LogP contribution in [-0.2, 0) is 19.1 Å². The van der Waals surface area contributed by atoms with Crippen molar-refractivity contribution in [2.45, 2.75) is 38.5 Å². The molecule has 2 aliphatic rings. The van der Waals surface area contributed by atoms with E-state index < -0.39 is 11.9 Å². The van der Waals surface area contributed by atoms with Crippen molar-refractivity contribution in [2.75, 3.05) is 19.8 Å². The number of ether oxygens (including phenoxy) is 2. The molecule has 0 unspecified atom stereocenters. The summed E-state index contributed by atoms with van der Waals surface area (Å²) >= 11 is 0. The minimum Gasteiger partial charge on any atom is -0.460 e. The summed E-state index contributed by atoms with van der Waals surface area (Å²) in [5.41, 5.74) is 4.21. The summed E-state index contributed by atoms with van der Waals surface area (Å²) in [6.07, 6.45) is 1.01. The van der Waals surface area contributed by atoms with E-state index in [0.717, 1.165) is 11.3 Å². The highest BCUT2D eigenvalue weighted by Crippen LogP contribution is 2.45. The average molecular weight is 450 g/mol. The van der Waals surface area contributed by atoms with Gasteiger partial charge in [0, 0.05) is 35.9 Å². The molecule has 1 heterocycles. The maximum Gasteiger partial charge on any atom is 0.336 e. The molecule has 2 aromatic carbocycles. The van der Waals surface area contributed by atoms with Crippen molar-refractivity contribution in [1.29, 1.82) is 0 Å². The number of rotatable bonds is 7. The van der Waals surface area contributed by atoms with Crippen LogP contribution in [0.2, 0.25) is 0 Å². The highest BCUT2D eigenvalue weighted by atomic mass is 19.1. The fourth-order valence-electron chi connectivity index (χ4n) is 4.67. The zero-order valence-corrected chi connectivity index (χ0v) is 18.9. The van der Waals surface area contributed by atoms with Gasteiger partial charge in [-0.3, -0.25) is 4.79 Å². The molecule has 0 spiro atoms. The second-order valence-electron chi connectivity index (χ2n) is 8.31. The lowest BCUT2D eigenvalue weighted by Gasteiger charge is -2.36. The van der Waals surface area contributed by atoms with Crippen molar-refractivity contribution >= 4 is 11.8 Å². The third-order valence-electron chi connectivity index (χ3n) is 6.19. The van der Waals surface area contributed by atoms with Gasteiger partial charge in [0.05, 0.1) is 12.2 Å². The molecule has 6 heteroatoms. The summed E-state index contributed by atoms with van der Waals surface area (Å²) in [7, 11) is 0. The standard InChI is InChI=1S/C27H28FNO4/c1-3-32-13-14-33-27(31)24-17(2)29-22-15-20(18-7-5-4-6-8-18)16-23(30)26(22)25(24)19-9-11-21(28)12-10-19/h4-12,20,25,29H,3,13-16H2,1-2H3/t20-,25+/m0/s1. The van der Waals surface area contributed by atoms with Crippen LogP contribution in [-0.4, -0.2) is 31.6 Å². The van der Waals surface area contributed by atoms with E-state index in [1.807, 2.05) is 44.2 Å². The molecule has 5 nitrogen and oxygen atoms in total. The molecular weight excluding hydrogens is 421 g/mol. The van der Waals surface area contributed by atoms with Crippen molar-refractivity contribution in [3.8, 4) is 0 Å². The van der Waals surface area contributed by atoms with E-state index in [2.05, 4.69) is 5.32 Å². The lowest BCUT2D eigenvalue weighted by atomic mass is 9.72. The minimum atomic E-state index is -0.606. The summed E-state index contributed by atoms with van der Waals surface area (Å²) in [6, 6.07) is 15.9. The lowest BCUT2D eigenvalue weighted by Crippen LogP contribution is -2.36. The molecule has 1 aliphatic heterocycles. The first-order chi connectivity index (χ1) is 16.0. The Bertz CT molecular complexity index is 1090. The van der Waals surface area contributed by atoms with E-state index >= 15 is 0 Å². The molecule has 0 saturated heterocycles. The Balaban J connectivity index is 1.70. The summed E-state index contributed by atoms with van der Waals surface area (Å²) in [5, 5.41) is 3.32. The fraction of sp³-hybridized carbons (Fsp3) is 0.333. The van der Waals surface area contributed by atoms with Gasteiger partial charge in [-0.25, -0.2) is 9.18 Å². The van der Waals surface area contributed by atoms with Crippen molar-refractivity contribution in [2.24, 2.45) is 0 Å². The zero-order chi connectivity index (χ0) is 23.4. The first-order valence-corrected chi connectivity index (χ1v) is 11.3. The van der Waals surface area contributed by atoms with Gasteiger partial charge >= 0.3 is 5.97 Å². The van der Waals surface area contributed by atoms with Crippen LogP contribution in [0.25, 0.3) is 0 Å². The number of dihydropyridines is 1. The molecular formula is C27H28FNO4. The van der Waals surface area contributed by atoms with Crippen LogP contribution in [0.3, 0.4) is 0 Å². The number of hydrogen-bond acceptors (Lipinski definition) is 5. The summed E-state index contributed by atoms with van der Waals surface area (Å²) in [5.74, 6) is -1.43. The number of halogens is 1.